The summed E-state index contributed by atoms with van der Waals surface area (Å²) in [6, 6.07) is 4.95. The average Bonchev–Trinajstić information content (AvgIpc) is 2.84. The maximum absolute atomic E-state index is 14.0. The summed E-state index contributed by atoms with van der Waals surface area (Å²) in [6.45, 7) is -0.134. The molecule has 0 unspecified atom stereocenters. The summed E-state index contributed by atoms with van der Waals surface area (Å²) in [5.74, 6) is -2.26. The Hall–Kier alpha value is -3.67. The summed E-state index contributed by atoms with van der Waals surface area (Å²) in [5.41, 5.74) is -1.09. The number of hydrogen-bond donors (Lipinski definition) is 3. The number of carbonyl (C=O) groups is 1. The molecule has 1 aliphatic carbocycles. The van der Waals surface area contributed by atoms with Crippen LogP contribution in [0.4, 0.5) is 27.8 Å². The van der Waals surface area contributed by atoms with Gasteiger partial charge in [0.2, 0.25) is 0 Å². The number of hydrogen-bond acceptors (Lipinski definition) is 6. The molecule has 190 valence electrons. The van der Waals surface area contributed by atoms with Gasteiger partial charge >= 0.3 is 6.18 Å². The molecule has 3 N–H and O–H groups in total. The molecule has 1 amide bonds. The number of pyridine rings is 1. The van der Waals surface area contributed by atoms with Crippen LogP contribution in [0.25, 0.3) is 11.4 Å². The number of benzene rings is 1. The van der Waals surface area contributed by atoms with Crippen molar-refractivity contribution in [2.75, 3.05) is 5.32 Å². The van der Waals surface area contributed by atoms with Crippen molar-refractivity contribution in [1.29, 1.82) is 0 Å². The molecule has 1 aliphatic rings. The molecule has 1 saturated carbocycles. The fraction of sp³-hybridized carbons (Fsp3) is 0.333. The number of alkyl halides is 3. The van der Waals surface area contributed by atoms with Gasteiger partial charge in [0.15, 0.2) is 5.82 Å². The molecule has 0 bridgehead atoms. The summed E-state index contributed by atoms with van der Waals surface area (Å²) >= 11 is 0. The first-order chi connectivity index (χ1) is 17.1. The minimum atomic E-state index is -4.65. The number of aliphatic hydroxyl groups is 1. The summed E-state index contributed by atoms with van der Waals surface area (Å²) in [7, 11) is 0. The number of amides is 1. The summed E-state index contributed by atoms with van der Waals surface area (Å²) in [6.07, 6.45) is -1.07. The number of nitrogens with zero attached hydrogens (tertiary/aromatic N) is 3. The summed E-state index contributed by atoms with van der Waals surface area (Å²) in [5, 5.41) is 15.3. The fourth-order valence-electron chi connectivity index (χ4n) is 3.83. The average molecular weight is 507 g/mol. The lowest BCUT2D eigenvalue weighted by atomic mass is 9.93. The second-order valence-electron chi connectivity index (χ2n) is 8.49. The van der Waals surface area contributed by atoms with E-state index in [4.69, 9.17) is 0 Å². The molecule has 0 saturated heterocycles. The molecule has 2 heterocycles. The zero-order chi connectivity index (χ0) is 25.9. The third kappa shape index (κ3) is 6.30. The molecule has 7 nitrogen and oxygen atoms in total. The first-order valence-electron chi connectivity index (χ1n) is 11.2. The highest BCUT2D eigenvalue weighted by molar-refractivity contribution is 5.93. The van der Waals surface area contributed by atoms with Gasteiger partial charge in [0.25, 0.3) is 5.91 Å². The lowest BCUT2D eigenvalue weighted by molar-refractivity contribution is -0.137. The predicted octanol–water partition coefficient (Wildman–Crippen LogP) is 4.48. The first-order valence-corrected chi connectivity index (χ1v) is 11.2. The van der Waals surface area contributed by atoms with Gasteiger partial charge in [0, 0.05) is 48.2 Å². The van der Waals surface area contributed by atoms with Crippen LogP contribution in [0.3, 0.4) is 0 Å². The van der Waals surface area contributed by atoms with E-state index in [9.17, 15) is 31.9 Å². The van der Waals surface area contributed by atoms with E-state index in [1.807, 2.05) is 0 Å². The molecule has 1 aromatic carbocycles. The third-order valence-corrected chi connectivity index (χ3v) is 5.79. The molecule has 12 heteroatoms. The van der Waals surface area contributed by atoms with Crippen LogP contribution in [0.2, 0.25) is 0 Å². The van der Waals surface area contributed by atoms with Crippen molar-refractivity contribution in [3.8, 4) is 11.4 Å². The number of nitrogens with one attached hydrogen (secondary N) is 2. The molecule has 2 aromatic heterocycles. The van der Waals surface area contributed by atoms with E-state index in [-0.39, 0.29) is 41.0 Å². The van der Waals surface area contributed by atoms with E-state index in [1.165, 1.54) is 12.1 Å². The molecule has 0 atom stereocenters. The van der Waals surface area contributed by atoms with E-state index in [1.54, 1.807) is 0 Å². The molecular formula is C24H22F5N5O2. The van der Waals surface area contributed by atoms with E-state index in [0.717, 1.165) is 24.4 Å². The lowest BCUT2D eigenvalue weighted by Crippen LogP contribution is -2.39. The zero-order valence-corrected chi connectivity index (χ0v) is 18.8. The Morgan fingerprint density at radius 2 is 1.78 bits per heavy atom. The highest BCUT2D eigenvalue weighted by Gasteiger charge is 2.31. The van der Waals surface area contributed by atoms with Crippen LogP contribution in [0.1, 0.15) is 47.3 Å². The maximum atomic E-state index is 14.0. The van der Waals surface area contributed by atoms with Crippen LogP contribution in [0.5, 0.6) is 0 Å². The van der Waals surface area contributed by atoms with Crippen LogP contribution in [-0.4, -0.2) is 38.1 Å². The number of aromatic nitrogens is 3. The van der Waals surface area contributed by atoms with Crippen molar-refractivity contribution >= 4 is 11.7 Å². The Morgan fingerprint density at radius 3 is 2.47 bits per heavy atom. The Bertz CT molecular complexity index is 1250. The summed E-state index contributed by atoms with van der Waals surface area (Å²) in [4.78, 5) is 24.9. The Labute approximate surface area is 202 Å². The van der Waals surface area contributed by atoms with Crippen LogP contribution >= 0.6 is 0 Å². The van der Waals surface area contributed by atoms with Gasteiger partial charge in [-0.15, -0.1) is 0 Å². The fourth-order valence-corrected chi connectivity index (χ4v) is 3.83. The normalized spacial score (nSPS) is 18.1. The molecular weight excluding hydrogens is 485 g/mol. The van der Waals surface area contributed by atoms with Gasteiger partial charge in [-0.25, -0.2) is 18.7 Å². The van der Waals surface area contributed by atoms with E-state index in [0.29, 0.717) is 31.9 Å². The minimum Gasteiger partial charge on any atom is -0.393 e. The highest BCUT2D eigenvalue weighted by Crippen LogP contribution is 2.31. The van der Waals surface area contributed by atoms with E-state index in [2.05, 4.69) is 25.6 Å². The summed E-state index contributed by atoms with van der Waals surface area (Å²) < 4.78 is 66.8. The van der Waals surface area contributed by atoms with Crippen LogP contribution < -0.4 is 10.6 Å². The number of aliphatic hydroxyl groups excluding tert-OH is 1. The van der Waals surface area contributed by atoms with Crippen LogP contribution in [0.15, 0.2) is 42.7 Å². The van der Waals surface area contributed by atoms with Crippen molar-refractivity contribution < 1.29 is 31.9 Å². The van der Waals surface area contributed by atoms with E-state index >= 15 is 0 Å². The van der Waals surface area contributed by atoms with Gasteiger partial charge in [-0.2, -0.15) is 13.2 Å². The van der Waals surface area contributed by atoms with Crippen molar-refractivity contribution in [3.05, 3.63) is 71.2 Å². The molecule has 0 aliphatic heterocycles. The molecule has 0 radical (unpaired) electrons. The Balaban J connectivity index is 1.64. The van der Waals surface area contributed by atoms with Crippen LogP contribution in [-0.2, 0) is 12.7 Å². The maximum Gasteiger partial charge on any atom is 0.417 e. The van der Waals surface area contributed by atoms with Gasteiger partial charge in [-0.05, 0) is 37.8 Å². The largest absolute Gasteiger partial charge is 0.417 e. The van der Waals surface area contributed by atoms with Gasteiger partial charge in [0.1, 0.15) is 23.1 Å². The number of carbonyl (C=O) groups excluding carboxylic acids is 1. The van der Waals surface area contributed by atoms with Gasteiger partial charge in [-0.3, -0.25) is 9.78 Å². The van der Waals surface area contributed by atoms with Gasteiger partial charge in [-0.1, -0.05) is 6.07 Å². The lowest BCUT2D eigenvalue weighted by Gasteiger charge is -2.26. The Morgan fingerprint density at radius 1 is 1.03 bits per heavy atom. The molecule has 4 rings (SSSR count). The molecule has 36 heavy (non-hydrogen) atoms. The topological polar surface area (TPSA) is 100 Å². The monoisotopic (exact) mass is 507 g/mol. The third-order valence-electron chi connectivity index (χ3n) is 5.79. The number of rotatable bonds is 6. The number of anilines is 1. The second-order valence-corrected chi connectivity index (χ2v) is 8.49. The minimum absolute atomic E-state index is 0.0466. The van der Waals surface area contributed by atoms with Crippen molar-refractivity contribution in [2.45, 2.75) is 50.6 Å². The van der Waals surface area contributed by atoms with Crippen molar-refractivity contribution in [2.24, 2.45) is 0 Å². The number of halogens is 5. The zero-order valence-electron chi connectivity index (χ0n) is 18.8. The van der Waals surface area contributed by atoms with Crippen LogP contribution in [0, 0.1) is 11.6 Å². The molecule has 0 spiro atoms. The van der Waals surface area contributed by atoms with Gasteiger partial charge in [0.05, 0.1) is 11.7 Å². The molecule has 1 fully saturated rings. The quantitative estimate of drug-likeness (QED) is 0.426. The predicted molar refractivity (Wildman–Crippen MR) is 120 cm³/mol. The standard InChI is InChI=1S/C24H22F5N5O2/c25-16-2-1-13(19(26)8-16)11-31-21-9-20(23(36)32-17-3-5-18(35)6-4-17)33-22(34-21)14-7-15(12-30-10-14)24(27,28)29/h1-2,7-10,12,17-18,35H,3-6,11H2,(H,32,36)(H,31,33,34). The van der Waals surface area contributed by atoms with Crippen molar-refractivity contribution in [1.82, 2.24) is 20.3 Å². The van der Waals surface area contributed by atoms with E-state index < -0.39 is 35.4 Å². The van der Waals surface area contributed by atoms with Gasteiger partial charge < -0.3 is 15.7 Å². The first kappa shape index (κ1) is 25.4. The van der Waals surface area contributed by atoms with Crippen molar-refractivity contribution in [3.63, 3.8) is 0 Å². The highest BCUT2D eigenvalue weighted by atomic mass is 19.4. The SMILES string of the molecule is O=C(NC1CCC(O)CC1)c1cc(NCc2ccc(F)cc2F)nc(-c2cncc(C(F)(F)F)c2)n1. The Kier molecular flexibility index (Phi) is 7.43. The second kappa shape index (κ2) is 10.5. The molecule has 3 aromatic rings. The smallest absolute Gasteiger partial charge is 0.393 e.